The molecule has 2 unspecified atom stereocenters. The number of benzene rings is 2. The third kappa shape index (κ3) is 1.70. The van der Waals surface area contributed by atoms with E-state index in [1.54, 1.807) is 19.4 Å². The molecular formula is C20H20Zr-2. The van der Waals surface area contributed by atoms with Gasteiger partial charge in [0.15, 0.2) is 0 Å². The van der Waals surface area contributed by atoms with Crippen molar-refractivity contribution in [2.24, 2.45) is 0 Å². The van der Waals surface area contributed by atoms with E-state index >= 15 is 0 Å². The zero-order chi connectivity index (χ0) is 13.9. The van der Waals surface area contributed by atoms with Crippen LogP contribution in [-0.2, 0) is 20.3 Å². The van der Waals surface area contributed by atoms with E-state index < -0.39 is 20.3 Å². The molecule has 0 nitrogen and oxygen atoms in total. The number of hydrogen-bond donors (Lipinski definition) is 0. The van der Waals surface area contributed by atoms with Gasteiger partial charge in [0.25, 0.3) is 0 Å². The van der Waals surface area contributed by atoms with E-state index in [1.807, 2.05) is 0 Å². The van der Waals surface area contributed by atoms with Crippen LogP contribution in [0.3, 0.4) is 0 Å². The van der Waals surface area contributed by atoms with Crippen LogP contribution in [0.5, 0.6) is 0 Å². The van der Waals surface area contributed by atoms with Crippen molar-refractivity contribution in [2.45, 2.75) is 15.5 Å². The van der Waals surface area contributed by atoms with Crippen molar-refractivity contribution in [3.05, 3.63) is 82.9 Å². The fraction of sp³-hybridized carbons (Fsp3) is 0.200. The topological polar surface area (TPSA) is 0 Å². The van der Waals surface area contributed by atoms with Crippen molar-refractivity contribution in [2.75, 3.05) is 0 Å². The Labute approximate surface area is 133 Å². The molecule has 106 valence electrons. The Morgan fingerprint density at radius 2 is 1.19 bits per heavy atom. The molecule has 2 aromatic rings. The summed E-state index contributed by atoms with van der Waals surface area (Å²) in [5.74, 6) is 0. The van der Waals surface area contributed by atoms with Crippen molar-refractivity contribution in [3.63, 3.8) is 0 Å². The maximum atomic E-state index is 2.54. The second-order valence-corrected chi connectivity index (χ2v) is 18.2. The van der Waals surface area contributed by atoms with Crippen LogP contribution in [0.4, 0.5) is 0 Å². The molecule has 21 heavy (non-hydrogen) atoms. The van der Waals surface area contributed by atoms with E-state index in [2.05, 4.69) is 72.8 Å². The van der Waals surface area contributed by atoms with E-state index in [0.29, 0.717) is 0 Å². The van der Waals surface area contributed by atoms with Gasteiger partial charge in [-0.3, -0.25) is 0 Å². The van der Waals surface area contributed by atoms with Crippen molar-refractivity contribution in [1.29, 1.82) is 0 Å². The second kappa shape index (κ2) is 4.40. The van der Waals surface area contributed by atoms with Crippen molar-refractivity contribution in [1.82, 2.24) is 0 Å². The normalized spacial score (nSPS) is 26.7. The summed E-state index contributed by atoms with van der Waals surface area (Å²) in [5.41, 5.74) is 6.20. The van der Waals surface area contributed by atoms with Gasteiger partial charge in [-0.15, -0.1) is 0 Å². The minimum absolute atomic E-state index is 0. The van der Waals surface area contributed by atoms with Crippen molar-refractivity contribution >= 4 is 12.2 Å². The summed E-state index contributed by atoms with van der Waals surface area (Å²) in [6.07, 6.45) is 9.84. The first-order valence-electron chi connectivity index (χ1n) is 7.93. The zero-order valence-corrected chi connectivity index (χ0v) is 14.5. The molecule has 0 spiro atoms. The number of rotatable bonds is 2. The molecule has 0 N–H and O–H groups in total. The van der Waals surface area contributed by atoms with E-state index in [-0.39, 0.29) is 2.85 Å². The van der Waals surface area contributed by atoms with Crippen molar-refractivity contribution < 1.29 is 23.1 Å². The molecule has 1 heterocycles. The van der Waals surface area contributed by atoms with Gasteiger partial charge in [-0.05, 0) is 0 Å². The molecule has 2 atom stereocenters. The predicted molar refractivity (Wildman–Crippen MR) is 88.3 cm³/mol. The third-order valence-electron chi connectivity index (χ3n) is 5.66. The van der Waals surface area contributed by atoms with Crippen molar-refractivity contribution in [3.8, 4) is 0 Å². The van der Waals surface area contributed by atoms with Gasteiger partial charge < -0.3 is 2.85 Å². The summed E-state index contributed by atoms with van der Waals surface area (Å²) in [6.45, 7) is 0. The van der Waals surface area contributed by atoms with Gasteiger partial charge in [-0.2, -0.15) is 0 Å². The maximum Gasteiger partial charge on any atom is -1.00 e. The predicted octanol–water partition coefficient (Wildman–Crippen LogP) is 5.75. The van der Waals surface area contributed by atoms with Gasteiger partial charge in [-0.1, -0.05) is 0 Å². The quantitative estimate of drug-likeness (QED) is 0.646. The first-order valence-corrected chi connectivity index (χ1v) is 14.2. The van der Waals surface area contributed by atoms with Gasteiger partial charge in [-0.25, -0.2) is 0 Å². The van der Waals surface area contributed by atoms with Crippen LogP contribution in [0.2, 0.25) is 8.26 Å². The van der Waals surface area contributed by atoms with E-state index in [4.69, 9.17) is 0 Å². The molecule has 1 fully saturated rings. The Balaban J connectivity index is 0.000000781. The Morgan fingerprint density at radius 1 is 0.714 bits per heavy atom. The monoisotopic (exact) mass is 350 g/mol. The summed E-state index contributed by atoms with van der Waals surface area (Å²) >= 11 is -2.13. The molecule has 5 rings (SSSR count). The molecule has 1 saturated heterocycles. The molecule has 1 aliphatic heterocycles. The molecule has 2 aliphatic carbocycles. The van der Waals surface area contributed by atoms with Gasteiger partial charge in [0, 0.05) is 0 Å². The van der Waals surface area contributed by atoms with Crippen LogP contribution in [0.25, 0.3) is 12.2 Å². The minimum Gasteiger partial charge on any atom is -1.00 e. The van der Waals surface area contributed by atoms with Gasteiger partial charge in [0.05, 0.1) is 0 Å². The molecule has 3 aliphatic rings. The largest absolute Gasteiger partial charge is 1.00 e. The second-order valence-electron chi connectivity index (χ2n) is 6.66. The first-order chi connectivity index (χ1) is 10.4. The average molecular weight is 352 g/mol. The maximum absolute atomic E-state index is 2.54. The SMILES string of the molecule is C1=C[CH]([Zr]2([CH]3C=Cc4ccccc43)[CH2][CH2]2)c2ccccc21.[H-].[H-]. The van der Waals surface area contributed by atoms with Crippen LogP contribution < -0.4 is 0 Å². The van der Waals surface area contributed by atoms with Gasteiger partial charge >= 0.3 is 131 Å². The molecule has 0 amide bonds. The van der Waals surface area contributed by atoms with Crippen LogP contribution in [0.15, 0.2) is 60.7 Å². The molecule has 0 radical (unpaired) electrons. The Hall–Kier alpha value is -1.20. The zero-order valence-electron chi connectivity index (χ0n) is 14.0. The smallest absolute Gasteiger partial charge is 1.00 e. The van der Waals surface area contributed by atoms with Gasteiger partial charge in [0.1, 0.15) is 0 Å². The summed E-state index contributed by atoms with van der Waals surface area (Å²) in [7, 11) is 0. The summed E-state index contributed by atoms with van der Waals surface area (Å²) in [6, 6.07) is 18.1. The molecule has 0 bridgehead atoms. The fourth-order valence-corrected chi connectivity index (χ4v) is 20.1. The van der Waals surface area contributed by atoms with E-state index in [9.17, 15) is 0 Å². The summed E-state index contributed by atoms with van der Waals surface area (Å²) in [4.78, 5) is 0. The fourth-order valence-electron chi connectivity index (χ4n) is 4.46. The minimum atomic E-state index is -2.13. The van der Waals surface area contributed by atoms with Crippen LogP contribution in [0, 0.1) is 0 Å². The van der Waals surface area contributed by atoms with Gasteiger partial charge in [0.2, 0.25) is 0 Å². The summed E-state index contributed by atoms with van der Waals surface area (Å²) < 4.78 is 4.72. The molecule has 1 heteroatoms. The number of allylic oxidation sites excluding steroid dienone is 2. The number of hydrogen-bond acceptors (Lipinski definition) is 0. The molecule has 0 saturated carbocycles. The van der Waals surface area contributed by atoms with E-state index in [0.717, 1.165) is 7.25 Å². The third-order valence-corrected chi connectivity index (χ3v) is 18.3. The Morgan fingerprint density at radius 3 is 1.67 bits per heavy atom. The van der Waals surface area contributed by atoms with Crippen LogP contribution in [-0.4, -0.2) is 0 Å². The van der Waals surface area contributed by atoms with E-state index in [1.165, 1.54) is 11.1 Å². The van der Waals surface area contributed by atoms with Crippen LogP contribution >= 0.6 is 0 Å². The molecule has 2 aromatic carbocycles. The summed E-state index contributed by atoms with van der Waals surface area (Å²) in [5, 5.41) is 0. The first kappa shape index (κ1) is 12.4. The molecular weight excluding hydrogens is 331 g/mol. The Kier molecular flexibility index (Phi) is 2.59. The molecule has 0 aromatic heterocycles. The average Bonchev–Trinajstić information content (AvgIpc) is 3.03. The standard InChI is InChI=1S/2C9H7.C2H4.Zr.2H/c2*1-2-5-9-7-3-6-8(9)4-1;1-2;;;/h2*1-7H;1-2H2;;;/q;;;;2*-1. The number of fused-ring (bicyclic) bond motifs is 2. The van der Waals surface area contributed by atoms with Crippen LogP contribution in [0.1, 0.15) is 32.4 Å². The Bertz CT molecular complexity index is 726.